The highest BCUT2D eigenvalue weighted by Crippen LogP contribution is 2.26. The highest BCUT2D eigenvalue weighted by atomic mass is 16.5. The van der Waals surface area contributed by atoms with Gasteiger partial charge in [0.05, 0.1) is 10.9 Å². The van der Waals surface area contributed by atoms with Gasteiger partial charge in [0.25, 0.3) is 11.5 Å². The fraction of sp³-hybridized carbons (Fsp3) is 0.107. The second-order valence-corrected chi connectivity index (χ2v) is 8.18. The van der Waals surface area contributed by atoms with Crippen LogP contribution >= 0.6 is 0 Å². The molecule has 35 heavy (non-hydrogen) atoms. The molecule has 1 amide bonds. The Balaban J connectivity index is 1.30. The number of fused-ring (bicyclic) bond motifs is 2. The van der Waals surface area contributed by atoms with E-state index in [1.807, 2.05) is 60.7 Å². The number of hydrogen-bond donors (Lipinski definition) is 2. The van der Waals surface area contributed by atoms with Gasteiger partial charge in [-0.05, 0) is 65.7 Å². The van der Waals surface area contributed by atoms with E-state index in [9.17, 15) is 14.4 Å². The molecule has 0 spiro atoms. The maximum Gasteiger partial charge on any atom is 0.328 e. The fourth-order valence-corrected chi connectivity index (χ4v) is 4.05. The number of nitrogens with one attached hydrogen (secondary N) is 2. The zero-order valence-electron chi connectivity index (χ0n) is 19.1. The smallest absolute Gasteiger partial charge is 0.328 e. The van der Waals surface area contributed by atoms with Crippen LogP contribution in [0.1, 0.15) is 22.8 Å². The number of ether oxygens (including phenoxy) is 1. The SMILES string of the molecule is CCn1c(=O)[nH]c2cc(C(=O)NCc3cccc(Oc4ccc5ccccc5c4)c3)ccc2c1=O. The summed E-state index contributed by atoms with van der Waals surface area (Å²) >= 11 is 0. The van der Waals surface area contributed by atoms with E-state index < -0.39 is 5.69 Å². The van der Waals surface area contributed by atoms with E-state index in [0.29, 0.717) is 28.8 Å². The summed E-state index contributed by atoms with van der Waals surface area (Å²) in [5.41, 5.74) is 0.692. The van der Waals surface area contributed by atoms with Gasteiger partial charge < -0.3 is 15.0 Å². The molecule has 5 rings (SSSR count). The molecular weight excluding hydrogens is 442 g/mol. The van der Waals surface area contributed by atoms with E-state index in [1.165, 1.54) is 6.07 Å². The molecule has 174 valence electrons. The highest BCUT2D eigenvalue weighted by molar-refractivity contribution is 5.97. The lowest BCUT2D eigenvalue weighted by Gasteiger charge is -2.10. The van der Waals surface area contributed by atoms with Gasteiger partial charge in [0.2, 0.25) is 0 Å². The van der Waals surface area contributed by atoms with Crippen LogP contribution in [0.15, 0.2) is 94.5 Å². The average Bonchev–Trinajstić information content (AvgIpc) is 2.87. The van der Waals surface area contributed by atoms with Crippen molar-refractivity contribution in [2.45, 2.75) is 20.0 Å². The molecular formula is C28H23N3O4. The van der Waals surface area contributed by atoms with Crippen LogP contribution in [-0.4, -0.2) is 15.5 Å². The van der Waals surface area contributed by atoms with Crippen LogP contribution in [0, 0.1) is 0 Å². The van der Waals surface area contributed by atoms with Gasteiger partial charge in [-0.2, -0.15) is 0 Å². The van der Waals surface area contributed by atoms with Crippen molar-refractivity contribution in [3.05, 3.63) is 117 Å². The molecule has 5 aromatic rings. The summed E-state index contributed by atoms with van der Waals surface area (Å²) in [6.07, 6.45) is 0. The first-order chi connectivity index (χ1) is 17.0. The minimum atomic E-state index is -0.495. The minimum absolute atomic E-state index is 0.274. The van der Waals surface area contributed by atoms with Crippen molar-refractivity contribution in [2.75, 3.05) is 0 Å². The summed E-state index contributed by atoms with van der Waals surface area (Å²) in [5.74, 6) is 1.09. The van der Waals surface area contributed by atoms with Gasteiger partial charge in [0, 0.05) is 18.7 Å². The van der Waals surface area contributed by atoms with Gasteiger partial charge in [0.1, 0.15) is 11.5 Å². The van der Waals surface area contributed by atoms with Crippen LogP contribution in [0.2, 0.25) is 0 Å². The Labute approximate surface area is 200 Å². The first kappa shape index (κ1) is 22.2. The van der Waals surface area contributed by atoms with Crippen LogP contribution in [0.25, 0.3) is 21.7 Å². The molecule has 2 N–H and O–H groups in total. The molecule has 0 radical (unpaired) electrons. The molecule has 0 bridgehead atoms. The third-order valence-corrected chi connectivity index (χ3v) is 5.87. The van der Waals surface area contributed by atoms with Gasteiger partial charge in [-0.1, -0.05) is 42.5 Å². The van der Waals surface area contributed by atoms with Crippen LogP contribution in [0.4, 0.5) is 0 Å². The van der Waals surface area contributed by atoms with Crippen LogP contribution < -0.4 is 21.3 Å². The normalized spacial score (nSPS) is 11.0. The van der Waals surface area contributed by atoms with Crippen molar-refractivity contribution >= 4 is 27.6 Å². The molecule has 0 saturated heterocycles. The number of rotatable bonds is 6. The molecule has 4 aromatic carbocycles. The van der Waals surface area contributed by atoms with Gasteiger partial charge in [-0.3, -0.25) is 14.2 Å². The van der Waals surface area contributed by atoms with Crippen LogP contribution in [0.3, 0.4) is 0 Å². The topological polar surface area (TPSA) is 93.2 Å². The number of nitrogens with zero attached hydrogens (tertiary/aromatic N) is 1. The Bertz CT molecular complexity index is 1680. The van der Waals surface area contributed by atoms with Crippen LogP contribution in [-0.2, 0) is 13.1 Å². The molecule has 1 aromatic heterocycles. The minimum Gasteiger partial charge on any atom is -0.457 e. The van der Waals surface area contributed by atoms with E-state index in [-0.39, 0.29) is 18.0 Å². The molecule has 7 nitrogen and oxygen atoms in total. The monoisotopic (exact) mass is 465 g/mol. The van der Waals surface area contributed by atoms with E-state index in [1.54, 1.807) is 19.1 Å². The summed E-state index contributed by atoms with van der Waals surface area (Å²) in [5, 5.41) is 5.48. The lowest BCUT2D eigenvalue weighted by atomic mass is 10.1. The van der Waals surface area contributed by atoms with Crippen molar-refractivity contribution in [1.82, 2.24) is 14.9 Å². The van der Waals surface area contributed by atoms with Gasteiger partial charge in [-0.15, -0.1) is 0 Å². The molecule has 0 fully saturated rings. The number of carbonyl (C=O) groups is 1. The maximum absolute atomic E-state index is 12.7. The maximum atomic E-state index is 12.7. The van der Waals surface area contributed by atoms with Crippen molar-refractivity contribution < 1.29 is 9.53 Å². The summed E-state index contributed by atoms with van der Waals surface area (Å²) in [7, 11) is 0. The number of carbonyl (C=O) groups excluding carboxylic acids is 1. The Morgan fingerprint density at radius 1 is 0.886 bits per heavy atom. The third kappa shape index (κ3) is 4.56. The van der Waals surface area contributed by atoms with E-state index in [0.717, 1.165) is 26.7 Å². The Morgan fingerprint density at radius 2 is 1.69 bits per heavy atom. The number of benzene rings is 4. The number of aromatic nitrogens is 2. The summed E-state index contributed by atoms with van der Waals surface area (Å²) in [6.45, 7) is 2.29. The van der Waals surface area contributed by atoms with Crippen molar-refractivity contribution in [3.63, 3.8) is 0 Å². The highest BCUT2D eigenvalue weighted by Gasteiger charge is 2.11. The lowest BCUT2D eigenvalue weighted by molar-refractivity contribution is 0.0951. The Kier molecular flexibility index (Phi) is 5.89. The molecule has 0 atom stereocenters. The van der Waals surface area contributed by atoms with E-state index in [4.69, 9.17) is 4.74 Å². The fourth-order valence-electron chi connectivity index (χ4n) is 4.05. The average molecular weight is 466 g/mol. The first-order valence-corrected chi connectivity index (χ1v) is 11.3. The number of amides is 1. The number of H-pyrrole nitrogens is 1. The Morgan fingerprint density at radius 3 is 2.51 bits per heavy atom. The molecule has 0 aliphatic rings. The standard InChI is InChI=1S/C28H23N3O4/c1-2-31-27(33)24-13-11-21(16-25(24)30-28(31)34)26(32)29-17-18-6-5-9-22(14-18)35-23-12-10-19-7-3-4-8-20(19)15-23/h3-16H,2,17H2,1H3,(H,29,32)(H,30,34). The lowest BCUT2D eigenvalue weighted by Crippen LogP contribution is -2.34. The molecule has 0 aliphatic carbocycles. The van der Waals surface area contributed by atoms with E-state index in [2.05, 4.69) is 16.4 Å². The van der Waals surface area contributed by atoms with Crippen molar-refractivity contribution in [1.29, 1.82) is 0 Å². The first-order valence-electron chi connectivity index (χ1n) is 11.3. The quantitative estimate of drug-likeness (QED) is 0.384. The van der Waals surface area contributed by atoms with Gasteiger partial charge >= 0.3 is 5.69 Å². The predicted octanol–water partition coefficient (Wildman–Crippen LogP) is 4.59. The number of hydrogen-bond acceptors (Lipinski definition) is 4. The number of aromatic amines is 1. The Hall–Kier alpha value is -4.65. The molecule has 7 heteroatoms. The second-order valence-electron chi connectivity index (χ2n) is 8.18. The molecule has 0 saturated carbocycles. The van der Waals surface area contributed by atoms with Gasteiger partial charge in [-0.25, -0.2) is 4.79 Å². The van der Waals surface area contributed by atoms with Crippen molar-refractivity contribution in [2.24, 2.45) is 0 Å². The van der Waals surface area contributed by atoms with Gasteiger partial charge in [0.15, 0.2) is 0 Å². The summed E-state index contributed by atoms with van der Waals surface area (Å²) < 4.78 is 7.15. The second kappa shape index (κ2) is 9.30. The van der Waals surface area contributed by atoms with Crippen molar-refractivity contribution in [3.8, 4) is 11.5 Å². The zero-order chi connectivity index (χ0) is 24.4. The third-order valence-electron chi connectivity index (χ3n) is 5.87. The largest absolute Gasteiger partial charge is 0.457 e. The zero-order valence-corrected chi connectivity index (χ0v) is 19.1. The predicted molar refractivity (Wildman–Crippen MR) is 136 cm³/mol. The van der Waals surface area contributed by atoms with E-state index >= 15 is 0 Å². The summed E-state index contributed by atoms with van der Waals surface area (Å²) in [4.78, 5) is 39.9. The molecule has 0 aliphatic heterocycles. The summed E-state index contributed by atoms with van der Waals surface area (Å²) in [6, 6.07) is 26.2. The molecule has 1 heterocycles. The molecule has 0 unspecified atom stereocenters. The van der Waals surface area contributed by atoms with Crippen LogP contribution in [0.5, 0.6) is 11.5 Å².